The van der Waals surface area contributed by atoms with Crippen molar-refractivity contribution in [3.05, 3.63) is 102 Å². The van der Waals surface area contributed by atoms with Gasteiger partial charge in [-0.2, -0.15) is 9.61 Å². The zero-order chi connectivity index (χ0) is 25.9. The minimum absolute atomic E-state index is 0.534. The Labute approximate surface area is 229 Å². The molecular formula is C31H29BClN5. The summed E-state index contributed by atoms with van der Waals surface area (Å²) in [6.07, 6.45) is 4.04. The van der Waals surface area contributed by atoms with Crippen molar-refractivity contribution >= 4 is 36.4 Å². The number of aromatic nitrogens is 3. The second-order valence-corrected chi connectivity index (χ2v) is 10.4. The second-order valence-electron chi connectivity index (χ2n) is 10.0. The molecule has 38 heavy (non-hydrogen) atoms. The highest BCUT2D eigenvalue weighted by atomic mass is 35.5. The van der Waals surface area contributed by atoms with Gasteiger partial charge in [-0.25, -0.2) is 4.98 Å². The number of rotatable bonds is 7. The molecular weight excluding hydrogens is 489 g/mol. The van der Waals surface area contributed by atoms with Crippen LogP contribution in [-0.2, 0) is 6.54 Å². The van der Waals surface area contributed by atoms with Gasteiger partial charge in [-0.15, -0.1) is 0 Å². The van der Waals surface area contributed by atoms with Crippen LogP contribution in [-0.4, -0.2) is 47.0 Å². The molecule has 1 aliphatic heterocycles. The normalized spacial score (nSPS) is 16.1. The number of anilines is 1. The lowest BCUT2D eigenvalue weighted by atomic mass is 9.97. The van der Waals surface area contributed by atoms with Gasteiger partial charge in [-0.05, 0) is 53.5 Å². The fourth-order valence-corrected chi connectivity index (χ4v) is 5.55. The third-order valence-corrected chi connectivity index (χ3v) is 7.62. The molecule has 1 saturated heterocycles. The van der Waals surface area contributed by atoms with Crippen LogP contribution < -0.4 is 10.8 Å². The SMILES string of the molecule is [B]c1cnn2c(NCC3CCCN(Cc4ccc(-c5ccccc5)cc4)C3)cc(-c3ccccc3Cl)nc12. The summed E-state index contributed by atoms with van der Waals surface area (Å²) < 4.78 is 1.78. The average Bonchev–Trinajstić information content (AvgIpc) is 3.33. The van der Waals surface area contributed by atoms with E-state index < -0.39 is 0 Å². The Bertz CT molecular complexity index is 1530. The van der Waals surface area contributed by atoms with E-state index in [2.05, 4.69) is 69.9 Å². The first-order chi connectivity index (χ1) is 18.6. The molecule has 0 bridgehead atoms. The highest BCUT2D eigenvalue weighted by molar-refractivity contribution is 6.36. The summed E-state index contributed by atoms with van der Waals surface area (Å²) in [5.41, 5.74) is 6.70. The first kappa shape index (κ1) is 24.7. The first-order valence-corrected chi connectivity index (χ1v) is 13.5. The van der Waals surface area contributed by atoms with Crippen molar-refractivity contribution in [1.82, 2.24) is 19.5 Å². The molecule has 7 heteroatoms. The molecule has 0 aliphatic carbocycles. The van der Waals surface area contributed by atoms with Gasteiger partial charge in [0.25, 0.3) is 0 Å². The van der Waals surface area contributed by atoms with Gasteiger partial charge >= 0.3 is 0 Å². The summed E-state index contributed by atoms with van der Waals surface area (Å²) in [6, 6.07) is 29.3. The molecule has 5 nitrogen and oxygen atoms in total. The first-order valence-electron chi connectivity index (χ1n) is 13.1. The van der Waals surface area contributed by atoms with Crippen molar-refractivity contribution < 1.29 is 0 Å². The summed E-state index contributed by atoms with van der Waals surface area (Å²) in [4.78, 5) is 7.31. The molecule has 1 fully saturated rings. The Hall–Kier alpha value is -3.61. The quantitative estimate of drug-likeness (QED) is 0.276. The lowest BCUT2D eigenvalue weighted by Gasteiger charge is -2.33. The van der Waals surface area contributed by atoms with Crippen molar-refractivity contribution in [2.24, 2.45) is 5.92 Å². The molecule has 1 atom stereocenters. The van der Waals surface area contributed by atoms with Gasteiger partial charge in [0.1, 0.15) is 13.7 Å². The molecule has 3 heterocycles. The van der Waals surface area contributed by atoms with Crippen molar-refractivity contribution in [3.8, 4) is 22.4 Å². The number of hydrogen-bond acceptors (Lipinski definition) is 4. The van der Waals surface area contributed by atoms with E-state index in [-0.39, 0.29) is 0 Å². The predicted molar refractivity (Wildman–Crippen MR) is 157 cm³/mol. The van der Waals surface area contributed by atoms with Crippen LogP contribution in [0.25, 0.3) is 28.0 Å². The molecule has 3 aromatic carbocycles. The van der Waals surface area contributed by atoms with Gasteiger partial charge in [-0.1, -0.05) is 84.4 Å². The number of halogens is 1. The maximum absolute atomic E-state index is 6.48. The third-order valence-electron chi connectivity index (χ3n) is 7.29. The number of nitrogens with one attached hydrogen (secondary N) is 1. The number of benzene rings is 3. The summed E-state index contributed by atoms with van der Waals surface area (Å²) in [6.45, 7) is 4.00. The molecule has 1 N–H and O–H groups in total. The Morgan fingerprint density at radius 1 is 0.947 bits per heavy atom. The van der Waals surface area contributed by atoms with E-state index in [0.29, 0.717) is 22.1 Å². The van der Waals surface area contributed by atoms with E-state index in [1.165, 1.54) is 29.5 Å². The summed E-state index contributed by atoms with van der Waals surface area (Å²) >= 11 is 6.48. The van der Waals surface area contributed by atoms with Gasteiger partial charge in [-0.3, -0.25) is 4.90 Å². The number of piperidine rings is 1. The molecule has 0 spiro atoms. The second kappa shape index (κ2) is 11.0. The van der Waals surface area contributed by atoms with Gasteiger partial charge < -0.3 is 5.32 Å². The molecule has 2 radical (unpaired) electrons. The number of nitrogens with zero attached hydrogens (tertiary/aromatic N) is 4. The Kier molecular flexibility index (Phi) is 7.17. The van der Waals surface area contributed by atoms with E-state index in [4.69, 9.17) is 24.4 Å². The molecule has 0 saturated carbocycles. The van der Waals surface area contributed by atoms with E-state index in [0.717, 1.165) is 43.3 Å². The smallest absolute Gasteiger partial charge is 0.150 e. The van der Waals surface area contributed by atoms with Crippen molar-refractivity contribution in [1.29, 1.82) is 0 Å². The van der Waals surface area contributed by atoms with E-state index >= 15 is 0 Å². The summed E-state index contributed by atoms with van der Waals surface area (Å²) in [5, 5.41) is 8.77. The Balaban J connectivity index is 1.14. The molecule has 188 valence electrons. The minimum Gasteiger partial charge on any atom is -0.370 e. The van der Waals surface area contributed by atoms with Crippen LogP contribution in [0.4, 0.5) is 5.82 Å². The average molecular weight is 518 g/mol. The monoisotopic (exact) mass is 517 g/mol. The van der Waals surface area contributed by atoms with Gasteiger partial charge in [0.05, 0.1) is 5.69 Å². The number of hydrogen-bond donors (Lipinski definition) is 1. The van der Waals surface area contributed by atoms with Crippen molar-refractivity contribution in [3.63, 3.8) is 0 Å². The van der Waals surface area contributed by atoms with Crippen LogP contribution in [0.15, 0.2) is 91.1 Å². The van der Waals surface area contributed by atoms with Crippen molar-refractivity contribution in [2.75, 3.05) is 25.0 Å². The largest absolute Gasteiger partial charge is 0.370 e. The van der Waals surface area contributed by atoms with Crippen LogP contribution >= 0.6 is 11.6 Å². The maximum Gasteiger partial charge on any atom is 0.150 e. The molecule has 5 aromatic rings. The van der Waals surface area contributed by atoms with Crippen LogP contribution in [0.2, 0.25) is 5.02 Å². The predicted octanol–water partition coefficient (Wildman–Crippen LogP) is 5.83. The Morgan fingerprint density at radius 3 is 2.53 bits per heavy atom. The maximum atomic E-state index is 6.48. The highest BCUT2D eigenvalue weighted by Crippen LogP contribution is 2.29. The number of fused-ring (bicyclic) bond motifs is 1. The van der Waals surface area contributed by atoms with E-state index in [9.17, 15) is 0 Å². The van der Waals surface area contributed by atoms with Gasteiger partial charge in [0, 0.05) is 42.5 Å². The van der Waals surface area contributed by atoms with Crippen LogP contribution in [0, 0.1) is 5.92 Å². The minimum atomic E-state index is 0.534. The lowest BCUT2D eigenvalue weighted by molar-refractivity contribution is 0.173. The molecule has 1 unspecified atom stereocenters. The fourth-order valence-electron chi connectivity index (χ4n) is 5.31. The highest BCUT2D eigenvalue weighted by Gasteiger charge is 2.21. The fraction of sp³-hybridized carbons (Fsp3) is 0.226. The molecule has 0 amide bonds. The summed E-state index contributed by atoms with van der Waals surface area (Å²) in [7, 11) is 6.19. The zero-order valence-corrected chi connectivity index (χ0v) is 22.0. The molecule has 2 aromatic heterocycles. The van der Waals surface area contributed by atoms with Crippen LogP contribution in [0.1, 0.15) is 18.4 Å². The van der Waals surface area contributed by atoms with E-state index in [1.54, 1.807) is 10.7 Å². The molecule has 6 rings (SSSR count). The summed E-state index contributed by atoms with van der Waals surface area (Å²) in [5.74, 6) is 1.41. The standard InChI is InChI=1S/C31H29BClN5/c32-27-19-35-38-30(17-29(36-31(27)38)26-10-4-5-11-28(26)33)34-18-23-7-6-16-37(21-23)20-22-12-14-25(15-13-22)24-8-2-1-3-9-24/h1-5,8-15,17,19,23,34H,6-7,16,18,20-21H2. The Morgan fingerprint density at radius 2 is 1.71 bits per heavy atom. The third kappa shape index (κ3) is 5.33. The van der Waals surface area contributed by atoms with Crippen molar-refractivity contribution in [2.45, 2.75) is 19.4 Å². The van der Waals surface area contributed by atoms with Crippen LogP contribution in [0.3, 0.4) is 0 Å². The van der Waals surface area contributed by atoms with Gasteiger partial charge in [0.15, 0.2) is 5.65 Å². The topological polar surface area (TPSA) is 45.5 Å². The van der Waals surface area contributed by atoms with Crippen LogP contribution in [0.5, 0.6) is 0 Å². The number of likely N-dealkylation sites (tertiary alicyclic amines) is 1. The van der Waals surface area contributed by atoms with Gasteiger partial charge in [0.2, 0.25) is 0 Å². The van der Waals surface area contributed by atoms with E-state index in [1.807, 2.05) is 30.3 Å². The molecule has 1 aliphatic rings. The zero-order valence-electron chi connectivity index (χ0n) is 21.2. The lowest BCUT2D eigenvalue weighted by Crippen LogP contribution is -2.37.